The van der Waals surface area contributed by atoms with Gasteiger partial charge in [0, 0.05) is 18.1 Å². The van der Waals surface area contributed by atoms with Gasteiger partial charge in [-0.25, -0.2) is 5.84 Å². The van der Waals surface area contributed by atoms with E-state index < -0.39 is 5.91 Å². The number of nitrogens with zero attached hydrogens (tertiary/aromatic N) is 4. The van der Waals surface area contributed by atoms with E-state index in [1.165, 1.54) is 0 Å². The van der Waals surface area contributed by atoms with Crippen LogP contribution in [-0.4, -0.2) is 39.4 Å². The Labute approximate surface area is 127 Å². The standard InChI is InChI=1S/C13H17ClN6O/c1-19(8-10-4-2-3-5-11(10)14)6-7-20-9-12(17-18-20)13(21)16-15/h2-5,9H,6-8,15H2,1H3,(H,16,21). The lowest BCUT2D eigenvalue weighted by Gasteiger charge is -2.17. The Hall–Kier alpha value is -1.96. The van der Waals surface area contributed by atoms with Crippen molar-refractivity contribution >= 4 is 17.5 Å². The van der Waals surface area contributed by atoms with Crippen LogP contribution in [0, 0.1) is 0 Å². The number of amides is 1. The molecule has 2 rings (SSSR count). The van der Waals surface area contributed by atoms with E-state index in [1.807, 2.05) is 36.7 Å². The molecule has 0 atom stereocenters. The lowest BCUT2D eigenvalue weighted by atomic mass is 10.2. The van der Waals surface area contributed by atoms with Gasteiger partial charge >= 0.3 is 0 Å². The molecule has 1 aromatic carbocycles. The van der Waals surface area contributed by atoms with E-state index in [9.17, 15) is 4.79 Å². The topological polar surface area (TPSA) is 89.1 Å². The summed E-state index contributed by atoms with van der Waals surface area (Å²) in [6.45, 7) is 2.11. The number of likely N-dealkylation sites (N-methyl/N-ethyl adjacent to an activating group) is 1. The molecule has 1 heterocycles. The minimum absolute atomic E-state index is 0.200. The summed E-state index contributed by atoms with van der Waals surface area (Å²) in [4.78, 5) is 13.4. The average molecular weight is 309 g/mol. The van der Waals surface area contributed by atoms with Crippen molar-refractivity contribution in [2.24, 2.45) is 5.84 Å². The Balaban J connectivity index is 1.86. The molecule has 8 heteroatoms. The van der Waals surface area contributed by atoms with Crippen LogP contribution in [0.15, 0.2) is 30.5 Å². The summed E-state index contributed by atoms with van der Waals surface area (Å²) in [5.74, 6) is 4.59. The third-order valence-corrected chi connectivity index (χ3v) is 3.38. The van der Waals surface area contributed by atoms with Crippen LogP contribution < -0.4 is 11.3 Å². The fourth-order valence-corrected chi connectivity index (χ4v) is 2.05. The van der Waals surface area contributed by atoms with Crippen LogP contribution in [0.4, 0.5) is 0 Å². The Bertz CT molecular complexity index is 614. The monoisotopic (exact) mass is 308 g/mol. The quantitative estimate of drug-likeness (QED) is 0.465. The summed E-state index contributed by atoms with van der Waals surface area (Å²) in [5.41, 5.74) is 3.29. The second-order valence-electron chi connectivity index (χ2n) is 4.67. The summed E-state index contributed by atoms with van der Waals surface area (Å²) >= 11 is 6.13. The number of nitrogens with two attached hydrogens (primary N) is 1. The van der Waals surface area contributed by atoms with Gasteiger partial charge in [-0.15, -0.1) is 5.10 Å². The highest BCUT2D eigenvalue weighted by molar-refractivity contribution is 6.31. The molecular formula is C13H17ClN6O. The number of halogens is 1. The molecule has 0 fully saturated rings. The van der Waals surface area contributed by atoms with Gasteiger partial charge in [0.05, 0.1) is 12.7 Å². The van der Waals surface area contributed by atoms with E-state index >= 15 is 0 Å². The number of carbonyl (C=O) groups is 1. The van der Waals surface area contributed by atoms with Crippen molar-refractivity contribution in [1.82, 2.24) is 25.3 Å². The van der Waals surface area contributed by atoms with Crippen LogP contribution in [0.3, 0.4) is 0 Å². The van der Waals surface area contributed by atoms with Crippen LogP contribution >= 0.6 is 11.6 Å². The molecule has 1 aromatic heterocycles. The summed E-state index contributed by atoms with van der Waals surface area (Å²) < 4.78 is 1.60. The average Bonchev–Trinajstić information content (AvgIpc) is 2.96. The van der Waals surface area contributed by atoms with Crippen LogP contribution in [0.5, 0.6) is 0 Å². The summed E-state index contributed by atoms with van der Waals surface area (Å²) in [5, 5.41) is 8.38. The number of hydrogen-bond acceptors (Lipinski definition) is 5. The van der Waals surface area contributed by atoms with Gasteiger partial charge in [-0.05, 0) is 18.7 Å². The second-order valence-corrected chi connectivity index (χ2v) is 5.08. The number of carbonyl (C=O) groups excluding carboxylic acids is 1. The SMILES string of the molecule is CN(CCn1cc(C(=O)NN)nn1)Cc1ccccc1Cl. The van der Waals surface area contributed by atoms with E-state index in [1.54, 1.807) is 10.9 Å². The molecule has 0 aliphatic carbocycles. The van der Waals surface area contributed by atoms with Gasteiger partial charge in [-0.2, -0.15) is 0 Å². The molecular weight excluding hydrogens is 292 g/mol. The summed E-state index contributed by atoms with van der Waals surface area (Å²) in [7, 11) is 1.99. The van der Waals surface area contributed by atoms with Gasteiger partial charge in [0.2, 0.25) is 0 Å². The number of hydrogen-bond donors (Lipinski definition) is 2. The highest BCUT2D eigenvalue weighted by atomic mass is 35.5. The molecule has 7 nitrogen and oxygen atoms in total. The van der Waals surface area contributed by atoms with Crippen LogP contribution in [-0.2, 0) is 13.1 Å². The van der Waals surface area contributed by atoms with Crippen molar-refractivity contribution in [2.75, 3.05) is 13.6 Å². The molecule has 0 saturated carbocycles. The number of rotatable bonds is 6. The molecule has 0 aliphatic heterocycles. The molecule has 21 heavy (non-hydrogen) atoms. The molecule has 112 valence electrons. The molecule has 0 saturated heterocycles. The van der Waals surface area contributed by atoms with Crippen molar-refractivity contribution < 1.29 is 4.79 Å². The predicted molar refractivity (Wildman–Crippen MR) is 79.5 cm³/mol. The maximum atomic E-state index is 11.3. The van der Waals surface area contributed by atoms with Gasteiger partial charge in [0.1, 0.15) is 0 Å². The Morgan fingerprint density at radius 3 is 2.95 bits per heavy atom. The number of nitrogen functional groups attached to an aromatic ring is 1. The molecule has 3 N–H and O–H groups in total. The largest absolute Gasteiger partial charge is 0.300 e. The van der Waals surface area contributed by atoms with Gasteiger partial charge in [-0.1, -0.05) is 35.0 Å². The molecule has 0 bridgehead atoms. The van der Waals surface area contributed by atoms with Crippen molar-refractivity contribution in [3.05, 3.63) is 46.7 Å². The van der Waals surface area contributed by atoms with E-state index in [-0.39, 0.29) is 5.69 Å². The van der Waals surface area contributed by atoms with Crippen LogP contribution in [0.2, 0.25) is 5.02 Å². The molecule has 0 aliphatic rings. The highest BCUT2D eigenvalue weighted by Crippen LogP contribution is 2.16. The fourth-order valence-electron chi connectivity index (χ4n) is 1.86. The summed E-state index contributed by atoms with van der Waals surface area (Å²) in [6, 6.07) is 7.74. The highest BCUT2D eigenvalue weighted by Gasteiger charge is 2.09. The zero-order chi connectivity index (χ0) is 15.2. The van der Waals surface area contributed by atoms with Gasteiger partial charge < -0.3 is 4.90 Å². The maximum Gasteiger partial charge on any atom is 0.287 e. The minimum atomic E-state index is -0.453. The third-order valence-electron chi connectivity index (χ3n) is 3.01. The van der Waals surface area contributed by atoms with Crippen LogP contribution in [0.25, 0.3) is 0 Å². The number of hydrazine groups is 1. The third kappa shape index (κ3) is 4.25. The Kier molecular flexibility index (Phi) is 5.26. The zero-order valence-electron chi connectivity index (χ0n) is 11.7. The smallest absolute Gasteiger partial charge is 0.287 e. The molecule has 0 unspecified atom stereocenters. The van der Waals surface area contributed by atoms with E-state index in [4.69, 9.17) is 17.4 Å². The van der Waals surface area contributed by atoms with Crippen molar-refractivity contribution in [3.8, 4) is 0 Å². The van der Waals surface area contributed by atoms with Crippen molar-refractivity contribution in [3.63, 3.8) is 0 Å². The molecule has 2 aromatic rings. The van der Waals surface area contributed by atoms with E-state index in [2.05, 4.69) is 15.2 Å². The Morgan fingerprint density at radius 2 is 2.24 bits per heavy atom. The van der Waals surface area contributed by atoms with Gasteiger partial charge in [0.15, 0.2) is 5.69 Å². The van der Waals surface area contributed by atoms with Crippen molar-refractivity contribution in [2.45, 2.75) is 13.1 Å². The normalized spacial score (nSPS) is 10.9. The summed E-state index contributed by atoms with van der Waals surface area (Å²) in [6.07, 6.45) is 1.56. The van der Waals surface area contributed by atoms with Gasteiger partial charge in [0.25, 0.3) is 5.91 Å². The predicted octanol–water partition coefficient (Wildman–Crippen LogP) is 0.667. The Morgan fingerprint density at radius 1 is 1.48 bits per heavy atom. The first-order valence-electron chi connectivity index (χ1n) is 6.43. The first-order chi connectivity index (χ1) is 10.1. The van der Waals surface area contributed by atoms with Gasteiger partial charge in [-0.3, -0.25) is 14.9 Å². The van der Waals surface area contributed by atoms with E-state index in [0.29, 0.717) is 6.54 Å². The number of nitrogens with one attached hydrogen (secondary N) is 1. The fraction of sp³-hybridized carbons (Fsp3) is 0.308. The zero-order valence-corrected chi connectivity index (χ0v) is 12.4. The second kappa shape index (κ2) is 7.16. The minimum Gasteiger partial charge on any atom is -0.300 e. The lowest BCUT2D eigenvalue weighted by Crippen LogP contribution is -2.30. The van der Waals surface area contributed by atoms with Crippen molar-refractivity contribution in [1.29, 1.82) is 0 Å². The molecule has 0 spiro atoms. The first-order valence-corrected chi connectivity index (χ1v) is 6.81. The maximum absolute atomic E-state index is 11.3. The molecule has 1 amide bonds. The molecule has 0 radical (unpaired) electrons. The number of benzene rings is 1. The lowest BCUT2D eigenvalue weighted by molar-refractivity contribution is 0.0948. The van der Waals surface area contributed by atoms with E-state index in [0.717, 1.165) is 23.7 Å². The van der Waals surface area contributed by atoms with Crippen LogP contribution in [0.1, 0.15) is 16.1 Å². The first kappa shape index (κ1) is 15.4. The number of aromatic nitrogens is 3.